The molecule has 2 N–H and O–H groups in total. The van der Waals surface area contributed by atoms with Crippen LogP contribution in [0.2, 0.25) is 0 Å². The molecule has 0 spiro atoms. The quantitative estimate of drug-likeness (QED) is 0.870. The zero-order valence-electron chi connectivity index (χ0n) is 10.2. The number of aryl methyl sites for hydroxylation is 1. The fourth-order valence-corrected chi connectivity index (χ4v) is 2.64. The molecule has 0 radical (unpaired) electrons. The Morgan fingerprint density at radius 1 is 1.33 bits per heavy atom. The number of aromatic hydroxyl groups is 1. The zero-order valence-corrected chi connectivity index (χ0v) is 10.2. The number of nitrogens with one attached hydrogen (secondary N) is 1. The standard InChI is InChI=1S/C15H17NO2/c17-12-7-6-11-3-1-5-15(14(11)9-12)16-10-13-4-2-8-18-13/h2,4,6-9,15-17H,1,3,5,10H2. The van der Waals surface area contributed by atoms with Gasteiger partial charge in [0.2, 0.25) is 0 Å². The van der Waals surface area contributed by atoms with Gasteiger partial charge in [0.25, 0.3) is 0 Å². The Balaban J connectivity index is 1.76. The molecular weight excluding hydrogens is 226 g/mol. The molecule has 0 saturated heterocycles. The van der Waals surface area contributed by atoms with Gasteiger partial charge < -0.3 is 14.8 Å². The van der Waals surface area contributed by atoms with E-state index < -0.39 is 0 Å². The zero-order chi connectivity index (χ0) is 12.4. The van der Waals surface area contributed by atoms with Crippen molar-refractivity contribution in [3.05, 3.63) is 53.5 Å². The third kappa shape index (κ3) is 2.27. The van der Waals surface area contributed by atoms with E-state index in [1.165, 1.54) is 17.5 Å². The van der Waals surface area contributed by atoms with E-state index >= 15 is 0 Å². The van der Waals surface area contributed by atoms with Gasteiger partial charge in [0.05, 0.1) is 12.8 Å². The highest BCUT2D eigenvalue weighted by atomic mass is 16.3. The van der Waals surface area contributed by atoms with Crippen molar-refractivity contribution < 1.29 is 9.52 Å². The van der Waals surface area contributed by atoms with Crippen LogP contribution in [-0.2, 0) is 13.0 Å². The van der Waals surface area contributed by atoms with Crippen LogP contribution in [-0.4, -0.2) is 5.11 Å². The number of hydrogen-bond acceptors (Lipinski definition) is 3. The van der Waals surface area contributed by atoms with Crippen molar-refractivity contribution in [3.8, 4) is 5.75 Å². The molecule has 18 heavy (non-hydrogen) atoms. The first-order chi connectivity index (χ1) is 8.83. The van der Waals surface area contributed by atoms with E-state index in [4.69, 9.17) is 4.42 Å². The highest BCUT2D eigenvalue weighted by Gasteiger charge is 2.20. The van der Waals surface area contributed by atoms with Gasteiger partial charge in [-0.1, -0.05) is 6.07 Å². The summed E-state index contributed by atoms with van der Waals surface area (Å²) in [6.45, 7) is 0.729. The molecule has 1 aliphatic carbocycles. The fourth-order valence-electron chi connectivity index (χ4n) is 2.64. The predicted octanol–water partition coefficient (Wildman–Crippen LogP) is 3.15. The van der Waals surface area contributed by atoms with Crippen molar-refractivity contribution in [1.82, 2.24) is 5.32 Å². The Kier molecular flexibility index (Phi) is 3.07. The Bertz CT molecular complexity index is 519. The molecule has 0 aliphatic heterocycles. The smallest absolute Gasteiger partial charge is 0.117 e. The van der Waals surface area contributed by atoms with Gasteiger partial charge in [0, 0.05) is 6.04 Å². The maximum absolute atomic E-state index is 9.61. The summed E-state index contributed by atoms with van der Waals surface area (Å²) in [5.41, 5.74) is 2.57. The highest BCUT2D eigenvalue weighted by molar-refractivity contribution is 5.38. The first kappa shape index (κ1) is 11.4. The second-order valence-electron chi connectivity index (χ2n) is 4.79. The average molecular weight is 243 g/mol. The minimum absolute atomic E-state index is 0.311. The Morgan fingerprint density at radius 3 is 3.11 bits per heavy atom. The van der Waals surface area contributed by atoms with Gasteiger partial charge in [-0.25, -0.2) is 0 Å². The average Bonchev–Trinajstić information content (AvgIpc) is 2.89. The summed E-state index contributed by atoms with van der Waals surface area (Å²) in [5, 5.41) is 13.1. The van der Waals surface area contributed by atoms with Gasteiger partial charge in [0.1, 0.15) is 11.5 Å². The molecular formula is C15H17NO2. The number of fused-ring (bicyclic) bond motifs is 1. The van der Waals surface area contributed by atoms with Crippen molar-refractivity contribution >= 4 is 0 Å². The van der Waals surface area contributed by atoms with Gasteiger partial charge in [-0.05, 0) is 54.7 Å². The molecule has 0 amide bonds. The van der Waals surface area contributed by atoms with Crippen LogP contribution in [0.3, 0.4) is 0 Å². The van der Waals surface area contributed by atoms with Gasteiger partial charge >= 0.3 is 0 Å². The van der Waals surface area contributed by atoms with Crippen LogP contribution in [0.15, 0.2) is 41.0 Å². The van der Waals surface area contributed by atoms with Crippen molar-refractivity contribution in [2.24, 2.45) is 0 Å². The van der Waals surface area contributed by atoms with E-state index in [0.717, 1.165) is 25.1 Å². The van der Waals surface area contributed by atoms with Gasteiger partial charge in [-0.3, -0.25) is 0 Å². The second-order valence-corrected chi connectivity index (χ2v) is 4.79. The van der Waals surface area contributed by atoms with Gasteiger partial charge in [-0.2, -0.15) is 0 Å². The first-order valence-corrected chi connectivity index (χ1v) is 6.40. The molecule has 1 aliphatic rings. The van der Waals surface area contributed by atoms with E-state index in [2.05, 4.69) is 5.32 Å². The normalized spacial score (nSPS) is 18.6. The van der Waals surface area contributed by atoms with Crippen LogP contribution >= 0.6 is 0 Å². The minimum Gasteiger partial charge on any atom is -0.508 e. The molecule has 1 heterocycles. The molecule has 3 rings (SSSR count). The molecule has 3 heteroatoms. The number of hydrogen-bond donors (Lipinski definition) is 2. The summed E-state index contributed by atoms with van der Waals surface area (Å²) in [6, 6.07) is 9.87. The van der Waals surface area contributed by atoms with Crippen LogP contribution in [0.1, 0.15) is 35.8 Å². The Hall–Kier alpha value is -1.74. The number of benzene rings is 1. The molecule has 0 bridgehead atoms. The second kappa shape index (κ2) is 4.86. The summed E-state index contributed by atoms with van der Waals surface area (Å²) in [5.74, 6) is 1.29. The molecule has 3 nitrogen and oxygen atoms in total. The van der Waals surface area contributed by atoms with Crippen LogP contribution in [0, 0.1) is 0 Å². The number of rotatable bonds is 3. The lowest BCUT2D eigenvalue weighted by Gasteiger charge is -2.26. The van der Waals surface area contributed by atoms with E-state index in [-0.39, 0.29) is 0 Å². The van der Waals surface area contributed by atoms with Crippen molar-refractivity contribution in [1.29, 1.82) is 0 Å². The third-order valence-electron chi connectivity index (χ3n) is 3.55. The van der Waals surface area contributed by atoms with Crippen molar-refractivity contribution in [2.75, 3.05) is 0 Å². The molecule has 1 aromatic carbocycles. The number of phenols is 1. The van der Waals surface area contributed by atoms with Crippen LogP contribution in [0.4, 0.5) is 0 Å². The lowest BCUT2D eigenvalue weighted by atomic mass is 9.87. The van der Waals surface area contributed by atoms with Gasteiger partial charge in [0.15, 0.2) is 0 Å². The number of phenolic OH excluding ortho intramolecular Hbond substituents is 1. The first-order valence-electron chi connectivity index (χ1n) is 6.40. The molecule has 1 unspecified atom stereocenters. The topological polar surface area (TPSA) is 45.4 Å². The van der Waals surface area contributed by atoms with Crippen molar-refractivity contribution in [2.45, 2.75) is 31.8 Å². The fraction of sp³-hybridized carbons (Fsp3) is 0.333. The van der Waals surface area contributed by atoms with E-state index in [9.17, 15) is 5.11 Å². The maximum Gasteiger partial charge on any atom is 0.117 e. The summed E-state index contributed by atoms with van der Waals surface area (Å²) < 4.78 is 5.32. The van der Waals surface area contributed by atoms with Crippen molar-refractivity contribution in [3.63, 3.8) is 0 Å². The minimum atomic E-state index is 0.311. The van der Waals surface area contributed by atoms with Crippen LogP contribution in [0.25, 0.3) is 0 Å². The van der Waals surface area contributed by atoms with E-state index in [0.29, 0.717) is 11.8 Å². The predicted molar refractivity (Wildman–Crippen MR) is 69.3 cm³/mol. The molecule has 0 fully saturated rings. The summed E-state index contributed by atoms with van der Waals surface area (Å²) in [6.07, 6.45) is 5.09. The van der Waals surface area contributed by atoms with E-state index in [1.54, 1.807) is 12.3 Å². The Labute approximate surface area is 106 Å². The summed E-state index contributed by atoms with van der Waals surface area (Å²) in [7, 11) is 0. The lowest BCUT2D eigenvalue weighted by molar-refractivity contribution is 0.414. The molecule has 0 saturated carbocycles. The largest absolute Gasteiger partial charge is 0.508 e. The van der Waals surface area contributed by atoms with Crippen LogP contribution < -0.4 is 5.32 Å². The lowest BCUT2D eigenvalue weighted by Crippen LogP contribution is -2.24. The number of furan rings is 1. The molecule has 1 atom stereocenters. The van der Waals surface area contributed by atoms with E-state index in [1.807, 2.05) is 24.3 Å². The Morgan fingerprint density at radius 2 is 2.28 bits per heavy atom. The van der Waals surface area contributed by atoms with Crippen LogP contribution in [0.5, 0.6) is 5.75 Å². The highest BCUT2D eigenvalue weighted by Crippen LogP contribution is 2.32. The summed E-state index contributed by atoms with van der Waals surface area (Å²) in [4.78, 5) is 0. The monoisotopic (exact) mass is 243 g/mol. The van der Waals surface area contributed by atoms with Gasteiger partial charge in [-0.15, -0.1) is 0 Å². The third-order valence-corrected chi connectivity index (χ3v) is 3.55. The molecule has 94 valence electrons. The SMILES string of the molecule is Oc1ccc2c(c1)C(NCc1ccco1)CCC2. The molecule has 2 aromatic rings. The summed E-state index contributed by atoms with van der Waals surface area (Å²) >= 11 is 0. The maximum atomic E-state index is 9.61. The molecule has 1 aromatic heterocycles.